The Balaban J connectivity index is 2.44. The highest BCUT2D eigenvalue weighted by Crippen LogP contribution is 2.18. The smallest absolute Gasteiger partial charge is 0.0991 e. The summed E-state index contributed by atoms with van der Waals surface area (Å²) in [5.74, 6) is 0. The van der Waals surface area contributed by atoms with Crippen molar-refractivity contribution in [3.8, 4) is 11.8 Å². The number of hydrogen-bond acceptors (Lipinski definition) is 3. The van der Waals surface area contributed by atoms with Gasteiger partial charge in [-0.05, 0) is 45.2 Å². The van der Waals surface area contributed by atoms with Crippen LogP contribution in [-0.4, -0.2) is 16.8 Å². The van der Waals surface area contributed by atoms with Gasteiger partial charge in [-0.3, -0.25) is 0 Å². The van der Waals surface area contributed by atoms with E-state index in [1.165, 1.54) is 5.56 Å². The van der Waals surface area contributed by atoms with Crippen molar-refractivity contribution in [1.82, 2.24) is 15.1 Å². The summed E-state index contributed by atoms with van der Waals surface area (Å²) in [7, 11) is 1.93. The van der Waals surface area contributed by atoms with Crippen LogP contribution in [0.15, 0.2) is 24.3 Å². The summed E-state index contributed by atoms with van der Waals surface area (Å²) in [6.07, 6.45) is 0. The number of rotatable bonds is 3. The molecule has 1 N–H and O–H groups in total. The third-order valence-corrected chi connectivity index (χ3v) is 3.04. The average Bonchev–Trinajstić information content (AvgIpc) is 2.67. The van der Waals surface area contributed by atoms with Crippen LogP contribution in [-0.2, 0) is 6.54 Å². The molecule has 2 rings (SSSR count). The molecule has 0 amide bonds. The standard InChI is InChI=1S/C14H16N4/c1-10-14(9-16-3)11(2)18(17-10)13-6-4-12(8-15)5-7-13/h4-7,16H,9H2,1-3H3. The molecule has 0 aliphatic carbocycles. The molecule has 1 aromatic heterocycles. The number of nitrogens with one attached hydrogen (secondary N) is 1. The van der Waals surface area contributed by atoms with Gasteiger partial charge in [0.25, 0.3) is 0 Å². The van der Waals surface area contributed by atoms with Crippen molar-refractivity contribution < 1.29 is 0 Å². The van der Waals surface area contributed by atoms with Crippen LogP contribution >= 0.6 is 0 Å². The fourth-order valence-corrected chi connectivity index (χ4v) is 2.04. The quantitative estimate of drug-likeness (QED) is 0.893. The van der Waals surface area contributed by atoms with E-state index >= 15 is 0 Å². The Hall–Kier alpha value is -2.12. The van der Waals surface area contributed by atoms with Gasteiger partial charge in [0.2, 0.25) is 0 Å². The first-order valence-electron chi connectivity index (χ1n) is 5.87. The van der Waals surface area contributed by atoms with Gasteiger partial charge in [-0.1, -0.05) is 0 Å². The highest BCUT2D eigenvalue weighted by Gasteiger charge is 2.11. The summed E-state index contributed by atoms with van der Waals surface area (Å²) in [5.41, 5.74) is 5.03. The van der Waals surface area contributed by atoms with Gasteiger partial charge >= 0.3 is 0 Å². The lowest BCUT2D eigenvalue weighted by atomic mass is 10.2. The molecule has 0 radical (unpaired) electrons. The second-order valence-electron chi connectivity index (χ2n) is 4.25. The first kappa shape index (κ1) is 12.3. The van der Waals surface area contributed by atoms with E-state index in [1.807, 2.05) is 42.9 Å². The Bertz CT molecular complexity index is 587. The van der Waals surface area contributed by atoms with Crippen molar-refractivity contribution >= 4 is 0 Å². The van der Waals surface area contributed by atoms with E-state index in [-0.39, 0.29) is 0 Å². The van der Waals surface area contributed by atoms with E-state index in [9.17, 15) is 0 Å². The molecule has 0 unspecified atom stereocenters. The molecule has 2 aromatic rings. The van der Waals surface area contributed by atoms with E-state index in [2.05, 4.69) is 23.4 Å². The van der Waals surface area contributed by atoms with Gasteiger partial charge in [-0.25, -0.2) is 4.68 Å². The maximum Gasteiger partial charge on any atom is 0.0991 e. The van der Waals surface area contributed by atoms with Crippen molar-refractivity contribution in [3.05, 3.63) is 46.8 Å². The van der Waals surface area contributed by atoms with Gasteiger partial charge in [0.15, 0.2) is 0 Å². The molecule has 0 aliphatic heterocycles. The van der Waals surface area contributed by atoms with Gasteiger partial charge in [-0.2, -0.15) is 10.4 Å². The molecule has 0 aliphatic rings. The fraction of sp³-hybridized carbons (Fsp3) is 0.286. The van der Waals surface area contributed by atoms with Crippen LogP contribution < -0.4 is 5.32 Å². The second kappa shape index (κ2) is 5.03. The number of nitrogens with zero attached hydrogens (tertiary/aromatic N) is 3. The van der Waals surface area contributed by atoms with E-state index in [4.69, 9.17) is 5.26 Å². The van der Waals surface area contributed by atoms with E-state index < -0.39 is 0 Å². The number of aromatic nitrogens is 2. The first-order chi connectivity index (χ1) is 8.67. The minimum atomic E-state index is 0.663. The zero-order valence-electron chi connectivity index (χ0n) is 10.9. The number of aryl methyl sites for hydroxylation is 1. The van der Waals surface area contributed by atoms with Crippen LogP contribution in [0.3, 0.4) is 0 Å². The molecule has 0 atom stereocenters. The lowest BCUT2D eigenvalue weighted by molar-refractivity contribution is 0.801. The largest absolute Gasteiger partial charge is 0.316 e. The molecular formula is C14H16N4. The van der Waals surface area contributed by atoms with Crippen LogP contribution in [0.2, 0.25) is 0 Å². The molecule has 1 heterocycles. The molecule has 0 saturated heterocycles. The van der Waals surface area contributed by atoms with Crippen molar-refractivity contribution in [2.24, 2.45) is 0 Å². The molecule has 92 valence electrons. The third kappa shape index (κ3) is 2.13. The minimum Gasteiger partial charge on any atom is -0.316 e. The summed E-state index contributed by atoms with van der Waals surface area (Å²) in [6, 6.07) is 9.57. The average molecular weight is 240 g/mol. The fourth-order valence-electron chi connectivity index (χ4n) is 2.04. The van der Waals surface area contributed by atoms with Crippen LogP contribution in [0.5, 0.6) is 0 Å². The maximum atomic E-state index is 8.79. The summed E-state index contributed by atoms with van der Waals surface area (Å²) in [5, 5.41) is 16.5. The van der Waals surface area contributed by atoms with Gasteiger partial charge in [0.05, 0.1) is 23.0 Å². The molecule has 4 heteroatoms. The normalized spacial score (nSPS) is 10.3. The molecular weight excluding hydrogens is 224 g/mol. The van der Waals surface area contributed by atoms with E-state index in [0.29, 0.717) is 5.56 Å². The van der Waals surface area contributed by atoms with Crippen molar-refractivity contribution in [3.63, 3.8) is 0 Å². The Morgan fingerprint density at radius 3 is 2.50 bits per heavy atom. The number of hydrogen-bond donors (Lipinski definition) is 1. The molecule has 1 aromatic carbocycles. The summed E-state index contributed by atoms with van der Waals surface area (Å²) in [4.78, 5) is 0. The van der Waals surface area contributed by atoms with E-state index in [1.54, 1.807) is 0 Å². The van der Waals surface area contributed by atoms with Crippen molar-refractivity contribution in [1.29, 1.82) is 5.26 Å². The van der Waals surface area contributed by atoms with Gasteiger partial charge in [0, 0.05) is 17.8 Å². The Morgan fingerprint density at radius 2 is 1.94 bits per heavy atom. The zero-order chi connectivity index (χ0) is 13.1. The lowest BCUT2D eigenvalue weighted by Crippen LogP contribution is -2.07. The van der Waals surface area contributed by atoms with Gasteiger partial charge < -0.3 is 5.32 Å². The Kier molecular flexibility index (Phi) is 3.45. The van der Waals surface area contributed by atoms with Gasteiger partial charge in [0.1, 0.15) is 0 Å². The lowest BCUT2D eigenvalue weighted by Gasteiger charge is -2.05. The first-order valence-corrected chi connectivity index (χ1v) is 5.87. The number of nitriles is 1. The molecule has 18 heavy (non-hydrogen) atoms. The van der Waals surface area contributed by atoms with E-state index in [0.717, 1.165) is 23.6 Å². The molecule has 0 saturated carbocycles. The second-order valence-corrected chi connectivity index (χ2v) is 4.25. The van der Waals surface area contributed by atoms with Crippen LogP contribution in [0, 0.1) is 25.2 Å². The maximum absolute atomic E-state index is 8.79. The monoisotopic (exact) mass is 240 g/mol. The summed E-state index contributed by atoms with van der Waals surface area (Å²) in [6.45, 7) is 4.89. The molecule has 0 fully saturated rings. The molecule has 0 spiro atoms. The Labute approximate surface area is 107 Å². The minimum absolute atomic E-state index is 0.663. The van der Waals surface area contributed by atoms with Gasteiger partial charge in [-0.15, -0.1) is 0 Å². The number of benzene rings is 1. The van der Waals surface area contributed by atoms with Crippen LogP contribution in [0.4, 0.5) is 0 Å². The third-order valence-electron chi connectivity index (χ3n) is 3.04. The van der Waals surface area contributed by atoms with Crippen molar-refractivity contribution in [2.45, 2.75) is 20.4 Å². The highest BCUT2D eigenvalue weighted by molar-refractivity contribution is 5.41. The van der Waals surface area contributed by atoms with Crippen LogP contribution in [0.25, 0.3) is 5.69 Å². The molecule has 4 nitrogen and oxygen atoms in total. The predicted octanol–water partition coefficient (Wildman–Crippen LogP) is 2.08. The van der Waals surface area contributed by atoms with Crippen LogP contribution in [0.1, 0.15) is 22.5 Å². The highest BCUT2D eigenvalue weighted by atomic mass is 15.3. The topological polar surface area (TPSA) is 53.6 Å². The zero-order valence-corrected chi connectivity index (χ0v) is 10.9. The Morgan fingerprint density at radius 1 is 1.28 bits per heavy atom. The molecule has 0 bridgehead atoms. The predicted molar refractivity (Wildman–Crippen MR) is 70.5 cm³/mol. The summed E-state index contributed by atoms with van der Waals surface area (Å²) >= 11 is 0. The van der Waals surface area contributed by atoms with Crippen molar-refractivity contribution in [2.75, 3.05) is 7.05 Å². The summed E-state index contributed by atoms with van der Waals surface area (Å²) < 4.78 is 1.92. The SMILES string of the molecule is CNCc1c(C)nn(-c2ccc(C#N)cc2)c1C.